The number of hydrogen-bond acceptors (Lipinski definition) is 1. The monoisotopic (exact) mass is 139 g/mol. The van der Waals surface area contributed by atoms with E-state index in [0.29, 0.717) is 5.92 Å². The van der Waals surface area contributed by atoms with Crippen LogP contribution in [-0.2, 0) is 0 Å². The van der Waals surface area contributed by atoms with Crippen LogP contribution in [0.1, 0.15) is 31.1 Å². The van der Waals surface area contributed by atoms with Crippen LogP contribution in [0, 0.1) is 6.07 Å². The molecule has 9 heavy (non-hydrogen) atoms. The molecule has 1 heteroatoms. The zero-order valence-electron chi connectivity index (χ0n) is 5.85. The molecule has 0 spiro atoms. The molecule has 1 unspecified atom stereocenters. The fourth-order valence-electron chi connectivity index (χ4n) is 0.701. The molecule has 0 amide bonds. The predicted molar refractivity (Wildman–Crippen MR) is 41.9 cm³/mol. The first-order valence-electron chi connectivity index (χ1n) is 3.29. The largest absolute Gasteiger partial charge is 0.148 e. The Kier molecular flexibility index (Phi) is 2.29. The highest BCUT2D eigenvalue weighted by molar-refractivity contribution is 7.09. The molecule has 1 atom stereocenters. The van der Waals surface area contributed by atoms with E-state index in [1.54, 1.807) is 11.3 Å². The highest BCUT2D eigenvalue weighted by Crippen LogP contribution is 2.21. The van der Waals surface area contributed by atoms with Crippen molar-refractivity contribution in [2.24, 2.45) is 0 Å². The third kappa shape index (κ3) is 1.55. The van der Waals surface area contributed by atoms with Crippen molar-refractivity contribution < 1.29 is 0 Å². The summed E-state index contributed by atoms with van der Waals surface area (Å²) in [6.45, 7) is 4.44. The molecule has 0 aliphatic rings. The van der Waals surface area contributed by atoms with Gasteiger partial charge in [0.2, 0.25) is 0 Å². The van der Waals surface area contributed by atoms with Crippen LogP contribution >= 0.6 is 11.3 Å². The maximum atomic E-state index is 3.21. The lowest BCUT2D eigenvalue weighted by Gasteiger charge is -2.01. The lowest BCUT2D eigenvalue weighted by Crippen LogP contribution is -1.84. The maximum Gasteiger partial charge on any atom is 0.0152 e. The second-order valence-electron chi connectivity index (χ2n) is 2.24. The molecule has 0 saturated heterocycles. The topological polar surface area (TPSA) is 0 Å². The van der Waals surface area contributed by atoms with Gasteiger partial charge >= 0.3 is 0 Å². The Bertz CT molecular complexity index is 153. The van der Waals surface area contributed by atoms with E-state index in [0.717, 1.165) is 0 Å². The van der Waals surface area contributed by atoms with Gasteiger partial charge in [-0.2, -0.15) is 0 Å². The molecule has 1 radical (unpaired) electrons. The minimum atomic E-state index is 0.699. The van der Waals surface area contributed by atoms with Gasteiger partial charge in [0.05, 0.1) is 0 Å². The van der Waals surface area contributed by atoms with E-state index in [1.807, 2.05) is 6.07 Å². The molecule has 1 aromatic rings. The molecule has 1 rings (SSSR count). The van der Waals surface area contributed by atoms with Crippen molar-refractivity contribution in [2.75, 3.05) is 0 Å². The third-order valence-corrected chi connectivity index (χ3v) is 2.59. The summed E-state index contributed by atoms with van der Waals surface area (Å²) < 4.78 is 0. The molecule has 0 aromatic carbocycles. The Balaban J connectivity index is 2.65. The van der Waals surface area contributed by atoms with Crippen LogP contribution < -0.4 is 0 Å². The molecular weight excluding hydrogens is 128 g/mol. The van der Waals surface area contributed by atoms with E-state index < -0.39 is 0 Å². The van der Waals surface area contributed by atoms with E-state index in [2.05, 4.69) is 25.3 Å². The van der Waals surface area contributed by atoms with Crippen molar-refractivity contribution in [1.29, 1.82) is 0 Å². The van der Waals surface area contributed by atoms with E-state index in [4.69, 9.17) is 0 Å². The molecule has 1 heterocycles. The van der Waals surface area contributed by atoms with E-state index in [1.165, 1.54) is 11.3 Å². The van der Waals surface area contributed by atoms with Crippen molar-refractivity contribution in [2.45, 2.75) is 26.2 Å². The van der Waals surface area contributed by atoms with Gasteiger partial charge in [0, 0.05) is 4.88 Å². The summed E-state index contributed by atoms with van der Waals surface area (Å²) >= 11 is 1.80. The Labute approximate surface area is 60.5 Å². The lowest BCUT2D eigenvalue weighted by atomic mass is 10.1. The molecule has 0 fully saturated rings. The van der Waals surface area contributed by atoms with Crippen LogP contribution in [0.4, 0.5) is 0 Å². The molecule has 0 aliphatic heterocycles. The number of hydrogen-bond donors (Lipinski definition) is 0. The van der Waals surface area contributed by atoms with Crippen LogP contribution in [0.2, 0.25) is 0 Å². The minimum absolute atomic E-state index is 0.699. The summed E-state index contributed by atoms with van der Waals surface area (Å²) in [7, 11) is 0. The summed E-state index contributed by atoms with van der Waals surface area (Å²) in [4.78, 5) is 1.39. The molecule has 0 saturated carbocycles. The van der Waals surface area contributed by atoms with Crippen LogP contribution in [0.25, 0.3) is 0 Å². The van der Waals surface area contributed by atoms with Gasteiger partial charge in [-0.15, -0.1) is 11.3 Å². The number of thiophene rings is 1. The van der Waals surface area contributed by atoms with Crippen LogP contribution in [0.15, 0.2) is 11.4 Å². The van der Waals surface area contributed by atoms with Crippen molar-refractivity contribution in [1.82, 2.24) is 0 Å². The SMILES string of the molecule is CCC(C)c1[c]ccs1. The van der Waals surface area contributed by atoms with E-state index in [9.17, 15) is 0 Å². The van der Waals surface area contributed by atoms with Gasteiger partial charge in [0.25, 0.3) is 0 Å². The average molecular weight is 139 g/mol. The molecular formula is C8H11S. The van der Waals surface area contributed by atoms with E-state index >= 15 is 0 Å². The first-order chi connectivity index (χ1) is 4.34. The van der Waals surface area contributed by atoms with Gasteiger partial charge in [-0.25, -0.2) is 0 Å². The molecule has 0 nitrogen and oxygen atoms in total. The standard InChI is InChI=1S/C8H11S/c1-3-7(2)8-5-4-6-9-8/h4,6-7H,3H2,1-2H3. The number of rotatable bonds is 2. The van der Waals surface area contributed by atoms with Crippen molar-refractivity contribution >= 4 is 11.3 Å². The molecule has 1 aromatic heterocycles. The van der Waals surface area contributed by atoms with Crippen LogP contribution in [0.3, 0.4) is 0 Å². The normalized spacial score (nSPS) is 13.6. The molecule has 0 aliphatic carbocycles. The Morgan fingerprint density at radius 3 is 3.00 bits per heavy atom. The summed E-state index contributed by atoms with van der Waals surface area (Å²) in [5.41, 5.74) is 0. The van der Waals surface area contributed by atoms with E-state index in [-0.39, 0.29) is 0 Å². The molecule has 0 N–H and O–H groups in total. The highest BCUT2D eigenvalue weighted by atomic mass is 32.1. The summed E-state index contributed by atoms with van der Waals surface area (Å²) in [6.07, 6.45) is 1.22. The fourth-order valence-corrected chi connectivity index (χ4v) is 1.52. The van der Waals surface area contributed by atoms with Gasteiger partial charge in [0.1, 0.15) is 0 Å². The second kappa shape index (κ2) is 3.02. The van der Waals surface area contributed by atoms with Gasteiger partial charge < -0.3 is 0 Å². The lowest BCUT2D eigenvalue weighted by molar-refractivity contribution is 0.747. The minimum Gasteiger partial charge on any atom is -0.148 e. The fraction of sp³-hybridized carbons (Fsp3) is 0.500. The average Bonchev–Trinajstić information content (AvgIpc) is 2.37. The van der Waals surface area contributed by atoms with Crippen molar-refractivity contribution in [3.05, 3.63) is 22.4 Å². The Morgan fingerprint density at radius 2 is 2.56 bits per heavy atom. The molecule has 0 bridgehead atoms. The summed E-state index contributed by atoms with van der Waals surface area (Å²) in [6, 6.07) is 5.20. The van der Waals surface area contributed by atoms with Gasteiger partial charge in [-0.05, 0) is 29.9 Å². The zero-order chi connectivity index (χ0) is 6.69. The first kappa shape index (κ1) is 6.81. The van der Waals surface area contributed by atoms with Gasteiger partial charge in [-0.3, -0.25) is 0 Å². The maximum absolute atomic E-state index is 3.21. The molecule has 49 valence electrons. The second-order valence-corrected chi connectivity index (χ2v) is 3.19. The Morgan fingerprint density at radius 1 is 1.78 bits per heavy atom. The van der Waals surface area contributed by atoms with Gasteiger partial charge in [-0.1, -0.05) is 13.8 Å². The van der Waals surface area contributed by atoms with Crippen molar-refractivity contribution in [3.8, 4) is 0 Å². The van der Waals surface area contributed by atoms with Crippen LogP contribution in [0.5, 0.6) is 0 Å². The third-order valence-electron chi connectivity index (χ3n) is 1.55. The summed E-state index contributed by atoms with van der Waals surface area (Å²) in [5, 5.41) is 2.08. The van der Waals surface area contributed by atoms with Crippen LogP contribution in [-0.4, -0.2) is 0 Å². The van der Waals surface area contributed by atoms with Gasteiger partial charge in [0.15, 0.2) is 0 Å². The first-order valence-corrected chi connectivity index (χ1v) is 4.17. The van der Waals surface area contributed by atoms with Crippen molar-refractivity contribution in [3.63, 3.8) is 0 Å². The zero-order valence-corrected chi connectivity index (χ0v) is 6.66. The smallest absolute Gasteiger partial charge is 0.0152 e. The quantitative estimate of drug-likeness (QED) is 0.590. The Hall–Kier alpha value is -0.300. The summed E-state index contributed by atoms with van der Waals surface area (Å²) in [5.74, 6) is 0.699. The highest BCUT2D eigenvalue weighted by Gasteiger charge is 2.01. The predicted octanol–water partition coefficient (Wildman–Crippen LogP) is 3.06.